The van der Waals surface area contributed by atoms with Gasteiger partial charge in [0.25, 0.3) is 0 Å². The van der Waals surface area contributed by atoms with E-state index in [1.165, 1.54) is 6.08 Å². The molecule has 2 rings (SSSR count). The summed E-state index contributed by atoms with van der Waals surface area (Å²) in [6, 6.07) is 0. The van der Waals surface area contributed by atoms with Gasteiger partial charge in [-0.15, -0.1) is 0 Å². The summed E-state index contributed by atoms with van der Waals surface area (Å²) in [6.45, 7) is 6.07. The zero-order valence-electron chi connectivity index (χ0n) is 22.3. The third kappa shape index (κ3) is 12.3. The SMILES string of the molecule is C/C(=C\C(=O)OCCCCCCCCC(=O)O)C[C@@H]1OC[C@H](C[C@@H]2O[C@H]2[C@@H](C)[C@H](C)O)[C@@H](O)[C@H]1O.[K]. The van der Waals surface area contributed by atoms with Gasteiger partial charge in [-0.2, -0.15) is 0 Å². The Balaban J connectivity index is 0.00000648. The van der Waals surface area contributed by atoms with E-state index in [2.05, 4.69) is 0 Å². The van der Waals surface area contributed by atoms with Gasteiger partial charge in [-0.05, 0) is 39.5 Å². The van der Waals surface area contributed by atoms with Crippen molar-refractivity contribution in [1.29, 1.82) is 0 Å². The van der Waals surface area contributed by atoms with E-state index >= 15 is 0 Å². The van der Waals surface area contributed by atoms with Crippen LogP contribution in [0.2, 0.25) is 0 Å². The summed E-state index contributed by atoms with van der Waals surface area (Å²) in [5.41, 5.74) is 0.708. The number of ether oxygens (including phenoxy) is 3. The van der Waals surface area contributed by atoms with Crippen LogP contribution in [0.1, 0.15) is 78.6 Å². The normalized spacial score (nSPS) is 29.7. The van der Waals surface area contributed by atoms with Crippen LogP contribution in [0.25, 0.3) is 0 Å². The van der Waals surface area contributed by atoms with E-state index in [9.17, 15) is 24.9 Å². The van der Waals surface area contributed by atoms with E-state index in [0.717, 1.165) is 32.1 Å². The zero-order valence-corrected chi connectivity index (χ0v) is 25.4. The van der Waals surface area contributed by atoms with Gasteiger partial charge >= 0.3 is 11.9 Å². The van der Waals surface area contributed by atoms with Crippen LogP contribution in [0.15, 0.2) is 11.6 Å². The van der Waals surface area contributed by atoms with Crippen LogP contribution in [0, 0.1) is 11.8 Å². The molecule has 203 valence electrons. The van der Waals surface area contributed by atoms with Gasteiger partial charge < -0.3 is 34.6 Å². The molecule has 8 atom stereocenters. The molecule has 10 heteroatoms. The second-order valence-electron chi connectivity index (χ2n) is 10.2. The fourth-order valence-corrected chi connectivity index (χ4v) is 4.59. The summed E-state index contributed by atoms with van der Waals surface area (Å²) < 4.78 is 16.7. The summed E-state index contributed by atoms with van der Waals surface area (Å²) in [7, 11) is 0. The first-order valence-electron chi connectivity index (χ1n) is 13.0. The quantitative estimate of drug-likeness (QED) is 0.0762. The Bertz CT molecular complexity index is 699. The van der Waals surface area contributed by atoms with Crippen LogP contribution in [-0.4, -0.2) is 134 Å². The van der Waals surface area contributed by atoms with Crippen molar-refractivity contribution in [3.8, 4) is 0 Å². The number of aliphatic carboxylic acids is 1. The van der Waals surface area contributed by atoms with Gasteiger partial charge in [0.2, 0.25) is 0 Å². The predicted molar refractivity (Wildman–Crippen MR) is 134 cm³/mol. The summed E-state index contributed by atoms with van der Waals surface area (Å²) in [5.74, 6) is -1.42. The van der Waals surface area contributed by atoms with E-state index in [1.807, 2.05) is 6.92 Å². The van der Waals surface area contributed by atoms with Crippen LogP contribution in [-0.2, 0) is 23.8 Å². The number of aliphatic hydroxyl groups excluding tert-OH is 3. The topological polar surface area (TPSA) is 146 Å². The van der Waals surface area contributed by atoms with E-state index in [1.54, 1.807) is 13.8 Å². The van der Waals surface area contributed by atoms with Crippen LogP contribution >= 0.6 is 0 Å². The number of hydrogen-bond acceptors (Lipinski definition) is 8. The fourth-order valence-electron chi connectivity index (χ4n) is 4.59. The molecule has 0 unspecified atom stereocenters. The fraction of sp³-hybridized carbons (Fsp3) is 0.846. The summed E-state index contributed by atoms with van der Waals surface area (Å²) >= 11 is 0. The van der Waals surface area contributed by atoms with Crippen molar-refractivity contribution in [2.24, 2.45) is 11.8 Å². The number of rotatable bonds is 16. The number of carboxylic acids is 1. The number of esters is 1. The molecule has 1 radical (unpaired) electrons. The van der Waals surface area contributed by atoms with Crippen molar-refractivity contribution in [3.05, 3.63) is 11.6 Å². The first-order valence-corrected chi connectivity index (χ1v) is 13.0. The Hall–Kier alpha value is 0.116. The molecule has 2 saturated heterocycles. The Labute approximate surface area is 257 Å². The molecule has 0 aromatic heterocycles. The average Bonchev–Trinajstić information content (AvgIpc) is 3.55. The molecule has 36 heavy (non-hydrogen) atoms. The summed E-state index contributed by atoms with van der Waals surface area (Å²) in [5, 5.41) is 39.5. The number of aliphatic hydroxyl groups is 3. The maximum Gasteiger partial charge on any atom is 0.330 e. The van der Waals surface area contributed by atoms with Crippen molar-refractivity contribution < 1.29 is 44.2 Å². The molecule has 0 saturated carbocycles. The zero-order chi connectivity index (χ0) is 26.0. The van der Waals surface area contributed by atoms with E-state index in [4.69, 9.17) is 19.3 Å². The second kappa shape index (κ2) is 17.7. The molecule has 9 nitrogen and oxygen atoms in total. The number of unbranched alkanes of at least 4 members (excludes halogenated alkanes) is 5. The minimum atomic E-state index is -1.06. The smallest absolute Gasteiger partial charge is 0.330 e. The number of epoxide rings is 1. The molecule has 0 amide bonds. The number of carbonyl (C=O) groups excluding carboxylic acids is 1. The van der Waals surface area contributed by atoms with E-state index in [-0.39, 0.29) is 81.8 Å². The molecule has 4 N–H and O–H groups in total. The van der Waals surface area contributed by atoms with Gasteiger partial charge in [-0.1, -0.05) is 38.2 Å². The third-order valence-corrected chi connectivity index (χ3v) is 7.09. The Kier molecular flexibility index (Phi) is 16.7. The molecule has 0 aromatic carbocycles. The molecular weight excluding hydrogens is 495 g/mol. The molecule has 2 aliphatic rings. The Morgan fingerprint density at radius 1 is 1.03 bits per heavy atom. The maximum atomic E-state index is 12.1. The predicted octanol–water partition coefficient (Wildman–Crippen LogP) is 2.21. The largest absolute Gasteiger partial charge is 0.481 e. The van der Waals surface area contributed by atoms with Gasteiger partial charge in [0.05, 0.1) is 43.7 Å². The number of carboxylic acid groups (broad SMARTS) is 1. The van der Waals surface area contributed by atoms with Crippen molar-refractivity contribution >= 4 is 63.3 Å². The molecule has 0 aromatic rings. The summed E-state index contributed by atoms with van der Waals surface area (Å²) in [4.78, 5) is 22.5. The van der Waals surface area contributed by atoms with Crippen molar-refractivity contribution in [3.63, 3.8) is 0 Å². The molecule has 2 aliphatic heterocycles. The molecule has 0 aliphatic carbocycles. The third-order valence-electron chi connectivity index (χ3n) is 7.09. The molecule has 0 bridgehead atoms. The molecular formula is C26H44KO9. The van der Waals surface area contributed by atoms with E-state index < -0.39 is 36.4 Å². The Morgan fingerprint density at radius 2 is 1.67 bits per heavy atom. The summed E-state index contributed by atoms with van der Waals surface area (Å²) in [6.07, 6.45) is 4.61. The standard InChI is InChI=1S/C26H44O9.K/c1-16(13-23(30)33-11-9-7-5-4-6-8-10-22(28)29)12-20-25(32)24(31)19(15-34-20)14-21-26(35-21)17(2)18(3)27;/h13,17-21,24-27,31-32H,4-12,14-15H2,1-3H3,(H,28,29);/b16-13+;/t17-,18-,19-,20-,21-,24+,25-,26-;/m0./s1. The first kappa shape index (κ1) is 34.1. The van der Waals surface area contributed by atoms with Gasteiger partial charge in [0.1, 0.15) is 6.10 Å². The maximum absolute atomic E-state index is 12.1. The van der Waals surface area contributed by atoms with E-state index in [0.29, 0.717) is 38.0 Å². The van der Waals surface area contributed by atoms with Crippen molar-refractivity contribution in [2.45, 2.75) is 115 Å². The van der Waals surface area contributed by atoms with Gasteiger partial charge in [0, 0.05) is 75.7 Å². The number of hydrogen-bond donors (Lipinski definition) is 4. The van der Waals surface area contributed by atoms with Gasteiger partial charge in [0.15, 0.2) is 0 Å². The van der Waals surface area contributed by atoms with Gasteiger partial charge in [-0.3, -0.25) is 4.79 Å². The Morgan fingerprint density at radius 3 is 2.31 bits per heavy atom. The van der Waals surface area contributed by atoms with Crippen LogP contribution in [0.5, 0.6) is 0 Å². The van der Waals surface area contributed by atoms with Crippen LogP contribution in [0.3, 0.4) is 0 Å². The minimum Gasteiger partial charge on any atom is -0.481 e. The monoisotopic (exact) mass is 539 g/mol. The second-order valence-corrected chi connectivity index (χ2v) is 10.2. The molecule has 2 heterocycles. The van der Waals surface area contributed by atoms with Crippen molar-refractivity contribution in [2.75, 3.05) is 13.2 Å². The first-order chi connectivity index (χ1) is 16.6. The molecule has 2 fully saturated rings. The van der Waals surface area contributed by atoms with Gasteiger partial charge in [-0.25, -0.2) is 4.79 Å². The number of carbonyl (C=O) groups is 2. The molecule has 0 spiro atoms. The van der Waals surface area contributed by atoms with Crippen LogP contribution in [0.4, 0.5) is 0 Å². The van der Waals surface area contributed by atoms with Crippen LogP contribution < -0.4 is 0 Å². The average molecular weight is 540 g/mol. The van der Waals surface area contributed by atoms with Crippen molar-refractivity contribution in [1.82, 2.24) is 0 Å². The minimum absolute atomic E-state index is 0.